The molecule has 20 heavy (non-hydrogen) atoms. The largest absolute Gasteiger partial charge is 0.391 e. The second-order valence-corrected chi connectivity index (χ2v) is 6.14. The minimum atomic E-state index is -0.552. The summed E-state index contributed by atoms with van der Waals surface area (Å²) in [5, 5.41) is 15.1. The number of methoxy groups -OCH3 is 1. The fourth-order valence-corrected chi connectivity index (χ4v) is 3.24. The highest BCUT2D eigenvalue weighted by Gasteiger charge is 2.12. The van der Waals surface area contributed by atoms with Gasteiger partial charge in [-0.3, -0.25) is 4.79 Å². The molecule has 0 aliphatic heterocycles. The molecule has 0 aromatic carbocycles. The molecule has 2 heterocycles. The van der Waals surface area contributed by atoms with Crippen LogP contribution in [0.5, 0.6) is 0 Å². The van der Waals surface area contributed by atoms with Crippen molar-refractivity contribution >= 4 is 28.6 Å². The molecule has 0 fully saturated rings. The summed E-state index contributed by atoms with van der Waals surface area (Å²) in [6.45, 7) is 0.689. The zero-order valence-corrected chi connectivity index (χ0v) is 12.7. The van der Waals surface area contributed by atoms with E-state index >= 15 is 0 Å². The maximum Gasteiger partial charge on any atom is 0.263 e. The van der Waals surface area contributed by atoms with Crippen molar-refractivity contribution in [3.63, 3.8) is 0 Å². The van der Waals surface area contributed by atoms with Crippen LogP contribution in [0.4, 0.5) is 0 Å². The summed E-state index contributed by atoms with van der Waals surface area (Å²) in [5.74, 6) is -0.157. The van der Waals surface area contributed by atoms with Gasteiger partial charge in [-0.05, 0) is 17.9 Å². The molecule has 108 valence electrons. The minimum Gasteiger partial charge on any atom is -0.391 e. The molecule has 2 aromatic rings. The normalized spacial score (nSPS) is 12.3. The van der Waals surface area contributed by atoms with Gasteiger partial charge in [-0.1, -0.05) is 6.07 Å². The Morgan fingerprint density at radius 3 is 3.15 bits per heavy atom. The number of aliphatic hydroxyl groups excluding tert-OH is 1. The minimum absolute atomic E-state index is 0.157. The Bertz CT molecular complexity index is 540. The van der Waals surface area contributed by atoms with Crippen molar-refractivity contribution in [3.05, 3.63) is 28.6 Å². The maximum atomic E-state index is 11.9. The number of ether oxygens (including phenoxy) is 1. The highest BCUT2D eigenvalue weighted by Crippen LogP contribution is 2.28. The molecule has 0 aliphatic carbocycles. The lowest BCUT2D eigenvalue weighted by atomic mass is 10.2. The van der Waals surface area contributed by atoms with Crippen LogP contribution in [0.3, 0.4) is 0 Å². The van der Waals surface area contributed by atoms with Crippen LogP contribution in [0, 0.1) is 0 Å². The van der Waals surface area contributed by atoms with Crippen LogP contribution >= 0.6 is 22.7 Å². The zero-order valence-electron chi connectivity index (χ0n) is 11.0. The molecule has 5 nitrogen and oxygen atoms in total. The van der Waals surface area contributed by atoms with Crippen LogP contribution in [0.1, 0.15) is 16.1 Å². The number of amides is 1. The van der Waals surface area contributed by atoms with E-state index in [9.17, 15) is 9.90 Å². The molecule has 1 amide bonds. The number of hydrogen-bond acceptors (Lipinski definition) is 6. The van der Waals surface area contributed by atoms with Gasteiger partial charge in [-0.2, -0.15) is 0 Å². The third-order valence-corrected chi connectivity index (χ3v) is 4.62. The number of thiophene rings is 1. The molecule has 2 rings (SSSR count). The third kappa shape index (κ3) is 4.11. The first-order valence-electron chi connectivity index (χ1n) is 6.15. The Balaban J connectivity index is 1.84. The van der Waals surface area contributed by atoms with Crippen LogP contribution in [0.25, 0.3) is 9.88 Å². The van der Waals surface area contributed by atoms with Crippen molar-refractivity contribution in [1.29, 1.82) is 0 Å². The van der Waals surface area contributed by atoms with Gasteiger partial charge >= 0.3 is 0 Å². The van der Waals surface area contributed by atoms with Gasteiger partial charge in [-0.25, -0.2) is 4.98 Å². The third-order valence-electron chi connectivity index (χ3n) is 2.58. The molecule has 0 aliphatic rings. The number of rotatable bonds is 7. The first-order valence-corrected chi connectivity index (χ1v) is 7.85. The number of aromatic nitrogens is 1. The van der Waals surface area contributed by atoms with Crippen molar-refractivity contribution < 1.29 is 14.6 Å². The summed E-state index contributed by atoms with van der Waals surface area (Å²) in [4.78, 5) is 17.8. The Labute approximate surface area is 125 Å². The van der Waals surface area contributed by atoms with Gasteiger partial charge in [0.25, 0.3) is 5.91 Å². The van der Waals surface area contributed by atoms with Crippen molar-refractivity contribution in [2.24, 2.45) is 0 Å². The topological polar surface area (TPSA) is 71.5 Å². The van der Waals surface area contributed by atoms with E-state index in [4.69, 9.17) is 4.74 Å². The molecule has 2 aromatic heterocycles. The van der Waals surface area contributed by atoms with E-state index in [1.165, 1.54) is 18.4 Å². The standard InChI is InChI=1S/C13H16N2O3S2/c1-18-8-9(16)4-5-14-12(17)11-7-15-13(20-11)10-3-2-6-19-10/h2-3,6-7,9,16H,4-5,8H2,1H3,(H,14,17). The summed E-state index contributed by atoms with van der Waals surface area (Å²) in [6.07, 6.45) is 1.50. The van der Waals surface area contributed by atoms with Gasteiger partial charge in [0.15, 0.2) is 0 Å². The number of nitrogens with one attached hydrogen (secondary N) is 1. The molecule has 0 saturated carbocycles. The highest BCUT2D eigenvalue weighted by atomic mass is 32.1. The fraction of sp³-hybridized carbons (Fsp3) is 0.385. The average Bonchev–Trinajstić information content (AvgIpc) is 3.10. The molecule has 7 heteroatoms. The van der Waals surface area contributed by atoms with Crippen molar-refractivity contribution in [1.82, 2.24) is 10.3 Å². The summed E-state index contributed by atoms with van der Waals surface area (Å²) in [7, 11) is 1.53. The summed E-state index contributed by atoms with van der Waals surface area (Å²) in [5.41, 5.74) is 0. The van der Waals surface area contributed by atoms with Gasteiger partial charge < -0.3 is 15.2 Å². The lowest BCUT2D eigenvalue weighted by Gasteiger charge is -2.09. The molecule has 0 radical (unpaired) electrons. The lowest BCUT2D eigenvalue weighted by molar-refractivity contribution is 0.0588. The van der Waals surface area contributed by atoms with E-state index in [2.05, 4.69) is 10.3 Å². The Kier molecular flexibility index (Phi) is 5.66. The Hall–Kier alpha value is -1.28. The quantitative estimate of drug-likeness (QED) is 0.820. The van der Waals surface area contributed by atoms with Crippen molar-refractivity contribution in [2.45, 2.75) is 12.5 Å². The van der Waals surface area contributed by atoms with E-state index < -0.39 is 6.10 Å². The van der Waals surface area contributed by atoms with E-state index in [-0.39, 0.29) is 12.5 Å². The van der Waals surface area contributed by atoms with Gasteiger partial charge in [0.05, 0.1) is 23.8 Å². The average molecular weight is 312 g/mol. The number of carbonyl (C=O) groups excluding carboxylic acids is 1. The molecule has 1 atom stereocenters. The summed E-state index contributed by atoms with van der Waals surface area (Å²) >= 11 is 2.97. The van der Waals surface area contributed by atoms with E-state index in [1.54, 1.807) is 17.5 Å². The molecule has 2 N–H and O–H groups in total. The number of thiazole rings is 1. The van der Waals surface area contributed by atoms with Gasteiger partial charge in [0, 0.05) is 13.7 Å². The monoisotopic (exact) mass is 312 g/mol. The Morgan fingerprint density at radius 2 is 2.45 bits per heavy atom. The highest BCUT2D eigenvalue weighted by molar-refractivity contribution is 7.21. The van der Waals surface area contributed by atoms with Gasteiger partial charge in [-0.15, -0.1) is 22.7 Å². The fourth-order valence-electron chi connectivity index (χ4n) is 1.61. The van der Waals surface area contributed by atoms with Crippen molar-refractivity contribution in [3.8, 4) is 9.88 Å². The first-order chi connectivity index (χ1) is 9.70. The number of hydrogen-bond donors (Lipinski definition) is 2. The number of aliphatic hydroxyl groups is 1. The first kappa shape index (κ1) is 15.1. The molecule has 0 spiro atoms. The second kappa shape index (κ2) is 7.49. The SMILES string of the molecule is COCC(O)CCNC(=O)c1cnc(-c2cccs2)s1. The van der Waals surface area contributed by atoms with Gasteiger partial charge in [0.2, 0.25) is 0 Å². The van der Waals surface area contributed by atoms with Crippen LogP contribution in [0.15, 0.2) is 23.7 Å². The molecular formula is C13H16N2O3S2. The Morgan fingerprint density at radius 1 is 1.60 bits per heavy atom. The molecule has 1 unspecified atom stereocenters. The van der Waals surface area contributed by atoms with Crippen LogP contribution in [0.2, 0.25) is 0 Å². The zero-order chi connectivity index (χ0) is 14.4. The predicted octanol–water partition coefficient (Wildman–Crippen LogP) is 2.00. The maximum absolute atomic E-state index is 11.9. The number of carbonyl (C=O) groups is 1. The van der Waals surface area contributed by atoms with E-state index in [1.807, 2.05) is 17.5 Å². The van der Waals surface area contributed by atoms with E-state index in [0.29, 0.717) is 17.8 Å². The van der Waals surface area contributed by atoms with E-state index in [0.717, 1.165) is 9.88 Å². The molecule has 0 bridgehead atoms. The van der Waals surface area contributed by atoms with Crippen LogP contribution in [-0.2, 0) is 4.74 Å². The lowest BCUT2D eigenvalue weighted by Crippen LogP contribution is -2.27. The predicted molar refractivity (Wildman–Crippen MR) is 80.3 cm³/mol. The van der Waals surface area contributed by atoms with Crippen molar-refractivity contribution in [2.75, 3.05) is 20.3 Å². The smallest absolute Gasteiger partial charge is 0.263 e. The van der Waals surface area contributed by atoms with Gasteiger partial charge in [0.1, 0.15) is 9.88 Å². The molecule has 0 saturated heterocycles. The summed E-state index contributed by atoms with van der Waals surface area (Å²) in [6, 6.07) is 3.94. The molecular weight excluding hydrogens is 296 g/mol. The number of nitrogens with zero attached hydrogens (tertiary/aromatic N) is 1. The second-order valence-electron chi connectivity index (χ2n) is 4.16. The van der Waals surface area contributed by atoms with Crippen LogP contribution < -0.4 is 5.32 Å². The van der Waals surface area contributed by atoms with Crippen LogP contribution in [-0.4, -0.2) is 42.4 Å². The summed E-state index contributed by atoms with van der Waals surface area (Å²) < 4.78 is 4.82.